The maximum absolute atomic E-state index is 13.4. The Bertz CT molecular complexity index is 1260. The van der Waals surface area contributed by atoms with E-state index in [9.17, 15) is 35.9 Å². The van der Waals surface area contributed by atoms with Crippen LogP contribution < -0.4 is 20.3 Å². The third-order valence-corrected chi connectivity index (χ3v) is 7.48. The summed E-state index contributed by atoms with van der Waals surface area (Å²) >= 11 is 5.72. The number of rotatable bonds is 8. The molecule has 0 spiro atoms. The zero-order valence-electron chi connectivity index (χ0n) is 22.2. The number of piperidine rings is 1. The highest BCUT2D eigenvalue weighted by molar-refractivity contribution is 6.30. The van der Waals surface area contributed by atoms with Gasteiger partial charge in [0.2, 0.25) is 5.91 Å². The van der Waals surface area contributed by atoms with Gasteiger partial charge >= 0.3 is 12.4 Å². The molecule has 2 amide bonds. The Morgan fingerprint density at radius 3 is 2.27 bits per heavy atom. The van der Waals surface area contributed by atoms with E-state index < -0.39 is 41.5 Å². The third kappa shape index (κ3) is 7.55. The summed E-state index contributed by atoms with van der Waals surface area (Å²) in [5.74, 6) is -1.05. The molecule has 2 N–H and O–H groups in total. The number of alkyl halides is 6. The van der Waals surface area contributed by atoms with Gasteiger partial charge < -0.3 is 20.3 Å². The molecule has 2 aliphatic rings. The van der Waals surface area contributed by atoms with Crippen LogP contribution in [0.2, 0.25) is 5.02 Å². The molecule has 14 heteroatoms. The van der Waals surface area contributed by atoms with E-state index in [0.717, 1.165) is 25.0 Å². The standard InChI is InChI=1S/C27H29ClF6N4O3/c1-25(2,14-41-21-7-4-16(28)9-20(21)27(32,33)34)24(40)37-17-10-18-5-6-19(11-17)38(18)22-8-3-15(12-35-22)23(39)36-13-26(29,30)31/h3-4,7-9,12,17-19H,5-6,10-11,13-14H2,1-2H3,(H,36,39)(H,37,40)/t17?,18-,19+. The van der Waals surface area contributed by atoms with E-state index in [-0.39, 0.29) is 41.2 Å². The van der Waals surface area contributed by atoms with Crippen molar-refractivity contribution < 1.29 is 40.7 Å². The second-order valence-electron chi connectivity index (χ2n) is 10.9. The molecule has 2 aliphatic heterocycles. The number of ether oxygens (including phenoxy) is 1. The SMILES string of the molecule is CC(C)(COc1ccc(Cl)cc1C(F)(F)F)C(=O)NC1C[C@H]2CC[C@@H](C1)N2c1ccc(C(=O)NCC(F)(F)F)cn1. The van der Waals surface area contributed by atoms with Crippen LogP contribution in [0, 0.1) is 5.41 Å². The summed E-state index contributed by atoms with van der Waals surface area (Å²) in [6, 6.07) is 6.12. The molecule has 1 unspecified atom stereocenters. The van der Waals surface area contributed by atoms with E-state index in [1.807, 2.05) is 5.32 Å². The zero-order chi connectivity index (χ0) is 30.2. The van der Waals surface area contributed by atoms with Gasteiger partial charge in [0.15, 0.2) is 0 Å². The Labute approximate surface area is 237 Å². The van der Waals surface area contributed by atoms with Crippen LogP contribution in [0.1, 0.15) is 55.5 Å². The third-order valence-electron chi connectivity index (χ3n) is 7.24. The molecule has 1 aromatic carbocycles. The van der Waals surface area contributed by atoms with Crippen molar-refractivity contribution in [3.8, 4) is 5.75 Å². The van der Waals surface area contributed by atoms with Crippen LogP contribution in [0.4, 0.5) is 32.2 Å². The normalized spacial score (nSPS) is 21.0. The number of fused-ring (bicyclic) bond motifs is 2. The summed E-state index contributed by atoms with van der Waals surface area (Å²) < 4.78 is 82.7. The molecular weight excluding hydrogens is 578 g/mol. The van der Waals surface area contributed by atoms with Crippen LogP contribution in [0.15, 0.2) is 36.5 Å². The largest absolute Gasteiger partial charge is 0.492 e. The van der Waals surface area contributed by atoms with Gasteiger partial charge in [0.25, 0.3) is 5.91 Å². The van der Waals surface area contributed by atoms with Crippen molar-refractivity contribution in [2.45, 2.75) is 70.0 Å². The first-order chi connectivity index (χ1) is 19.0. The fourth-order valence-electron chi connectivity index (χ4n) is 5.18. The van der Waals surface area contributed by atoms with Crippen LogP contribution in [-0.4, -0.2) is 54.3 Å². The predicted molar refractivity (Wildman–Crippen MR) is 139 cm³/mol. The highest BCUT2D eigenvalue weighted by Crippen LogP contribution is 2.40. The first kappa shape index (κ1) is 30.7. The molecular formula is C27H29ClF6N4O3. The van der Waals surface area contributed by atoms with Gasteiger partial charge in [0.1, 0.15) is 24.7 Å². The maximum atomic E-state index is 13.4. The molecule has 224 valence electrons. The van der Waals surface area contributed by atoms with Gasteiger partial charge in [-0.3, -0.25) is 9.59 Å². The smallest absolute Gasteiger partial charge is 0.420 e. The highest BCUT2D eigenvalue weighted by Gasteiger charge is 2.43. The average Bonchev–Trinajstić information content (AvgIpc) is 3.15. The number of anilines is 1. The Kier molecular flexibility index (Phi) is 8.68. The fraction of sp³-hybridized carbons (Fsp3) is 0.519. The summed E-state index contributed by atoms with van der Waals surface area (Å²) in [4.78, 5) is 31.5. The van der Waals surface area contributed by atoms with Gasteiger partial charge in [-0.25, -0.2) is 4.98 Å². The van der Waals surface area contributed by atoms with Crippen molar-refractivity contribution in [3.63, 3.8) is 0 Å². The number of benzene rings is 1. The molecule has 0 saturated carbocycles. The molecule has 0 radical (unpaired) electrons. The number of amides is 2. The number of nitrogens with one attached hydrogen (secondary N) is 2. The molecule has 2 fully saturated rings. The summed E-state index contributed by atoms with van der Waals surface area (Å²) in [5, 5.41) is 4.75. The first-order valence-electron chi connectivity index (χ1n) is 12.9. The van der Waals surface area contributed by atoms with Crippen molar-refractivity contribution in [1.82, 2.24) is 15.6 Å². The van der Waals surface area contributed by atoms with Gasteiger partial charge in [0.05, 0.1) is 16.5 Å². The quantitative estimate of drug-likeness (QED) is 0.373. The lowest BCUT2D eigenvalue weighted by Crippen LogP contribution is -2.53. The number of nitrogens with zero attached hydrogens (tertiary/aromatic N) is 2. The van der Waals surface area contributed by atoms with Crippen molar-refractivity contribution in [2.24, 2.45) is 5.41 Å². The van der Waals surface area contributed by atoms with E-state index in [0.29, 0.717) is 18.7 Å². The lowest BCUT2D eigenvalue weighted by atomic mass is 9.91. The van der Waals surface area contributed by atoms with Gasteiger partial charge in [0, 0.05) is 29.3 Å². The van der Waals surface area contributed by atoms with E-state index in [4.69, 9.17) is 16.3 Å². The Hall–Kier alpha value is -3.22. The van der Waals surface area contributed by atoms with Crippen molar-refractivity contribution in [1.29, 1.82) is 0 Å². The maximum Gasteiger partial charge on any atom is 0.420 e. The summed E-state index contributed by atoms with van der Waals surface area (Å²) in [7, 11) is 0. The first-order valence-corrected chi connectivity index (χ1v) is 13.3. The molecule has 0 aliphatic carbocycles. The molecule has 7 nitrogen and oxygen atoms in total. The minimum absolute atomic E-state index is 0.0119. The van der Waals surface area contributed by atoms with Crippen LogP contribution >= 0.6 is 11.6 Å². The van der Waals surface area contributed by atoms with E-state index in [1.54, 1.807) is 19.9 Å². The number of pyridine rings is 1. The minimum Gasteiger partial charge on any atom is -0.492 e. The molecule has 41 heavy (non-hydrogen) atoms. The predicted octanol–water partition coefficient (Wildman–Crippen LogP) is 5.77. The van der Waals surface area contributed by atoms with E-state index >= 15 is 0 Å². The second kappa shape index (κ2) is 11.6. The Morgan fingerprint density at radius 2 is 1.71 bits per heavy atom. The second-order valence-corrected chi connectivity index (χ2v) is 11.4. The lowest BCUT2D eigenvalue weighted by Gasteiger charge is -2.40. The van der Waals surface area contributed by atoms with Crippen LogP contribution in [0.3, 0.4) is 0 Å². The molecule has 2 bridgehead atoms. The summed E-state index contributed by atoms with van der Waals surface area (Å²) in [6.45, 7) is 1.45. The Balaban J connectivity index is 1.34. The van der Waals surface area contributed by atoms with Gasteiger partial charge in [-0.2, -0.15) is 26.3 Å². The van der Waals surface area contributed by atoms with Crippen LogP contribution in [0.5, 0.6) is 5.75 Å². The summed E-state index contributed by atoms with van der Waals surface area (Å²) in [5.41, 5.74) is -2.14. The highest BCUT2D eigenvalue weighted by atomic mass is 35.5. The molecule has 3 atom stereocenters. The summed E-state index contributed by atoms with van der Waals surface area (Å²) in [6.07, 6.45) is -5.06. The molecule has 2 saturated heterocycles. The van der Waals surface area contributed by atoms with Gasteiger partial charge in [-0.15, -0.1) is 0 Å². The number of carbonyl (C=O) groups excluding carboxylic acids is 2. The lowest BCUT2D eigenvalue weighted by molar-refractivity contribution is -0.139. The van der Waals surface area contributed by atoms with E-state index in [1.165, 1.54) is 18.3 Å². The number of hydrogen-bond acceptors (Lipinski definition) is 5. The van der Waals surface area contributed by atoms with Crippen molar-refractivity contribution in [3.05, 3.63) is 52.7 Å². The topological polar surface area (TPSA) is 83.6 Å². The molecule has 1 aromatic heterocycles. The Morgan fingerprint density at radius 1 is 1.05 bits per heavy atom. The monoisotopic (exact) mass is 606 g/mol. The molecule has 3 heterocycles. The van der Waals surface area contributed by atoms with Crippen LogP contribution in [0.25, 0.3) is 0 Å². The fourth-order valence-corrected chi connectivity index (χ4v) is 5.35. The number of carbonyl (C=O) groups is 2. The number of halogens is 7. The van der Waals surface area contributed by atoms with Crippen molar-refractivity contribution in [2.75, 3.05) is 18.1 Å². The van der Waals surface area contributed by atoms with Crippen LogP contribution in [-0.2, 0) is 11.0 Å². The number of hydrogen-bond donors (Lipinski definition) is 2. The van der Waals surface area contributed by atoms with Gasteiger partial charge in [-0.05, 0) is 69.9 Å². The zero-order valence-corrected chi connectivity index (χ0v) is 23.0. The minimum atomic E-state index is -4.67. The molecule has 4 rings (SSSR count). The average molecular weight is 607 g/mol. The number of aromatic nitrogens is 1. The van der Waals surface area contributed by atoms with Gasteiger partial charge in [-0.1, -0.05) is 11.6 Å². The van der Waals surface area contributed by atoms with E-state index in [2.05, 4.69) is 15.2 Å². The molecule has 2 aromatic rings. The van der Waals surface area contributed by atoms with Crippen molar-refractivity contribution >= 4 is 29.2 Å².